The van der Waals surface area contributed by atoms with E-state index in [1.165, 1.54) is 0 Å². The van der Waals surface area contributed by atoms with E-state index in [1.54, 1.807) is 0 Å². The van der Waals surface area contributed by atoms with Crippen LogP contribution in [-0.2, 0) is 18.9 Å². The Morgan fingerprint density at radius 1 is 0.818 bits per heavy atom. The van der Waals surface area contributed by atoms with Gasteiger partial charge in [-0.3, -0.25) is 4.74 Å². The first kappa shape index (κ1) is 21.4. The van der Waals surface area contributed by atoms with Crippen LogP contribution in [-0.4, -0.2) is 86.5 Å². The fourth-order valence-corrected chi connectivity index (χ4v) is 1.14. The summed E-state index contributed by atoms with van der Waals surface area (Å²) < 4.78 is 67.7. The Kier molecular flexibility index (Phi) is 10.8. The largest absolute Gasteiger partial charge is 0.394 e. The second kappa shape index (κ2) is 11.0. The van der Waals surface area contributed by atoms with Crippen molar-refractivity contribution in [2.75, 3.05) is 52.9 Å². The highest BCUT2D eigenvalue weighted by Crippen LogP contribution is 2.26. The lowest BCUT2D eigenvalue weighted by molar-refractivity contribution is -0.391. The molecule has 0 radical (unpaired) electrons. The minimum atomic E-state index is -4.36. The van der Waals surface area contributed by atoms with Crippen molar-refractivity contribution in [3.63, 3.8) is 0 Å². The molecule has 0 aliphatic rings. The van der Waals surface area contributed by atoms with E-state index < -0.39 is 31.5 Å². The topological polar surface area (TPSA) is 97.6 Å². The second-order valence-electron chi connectivity index (χ2n) is 4.11. The lowest BCUT2D eigenvalue weighted by atomic mass is 10.4. The molecule has 22 heavy (non-hydrogen) atoms. The maximum absolute atomic E-state index is 12.9. The van der Waals surface area contributed by atoms with E-state index in [0.717, 1.165) is 0 Å². The van der Waals surface area contributed by atoms with Gasteiger partial charge < -0.3 is 29.5 Å². The van der Waals surface area contributed by atoms with Gasteiger partial charge >= 0.3 is 12.2 Å². The zero-order chi connectivity index (χ0) is 17.1. The third kappa shape index (κ3) is 12.0. The Bertz CT molecular complexity index is 281. The van der Waals surface area contributed by atoms with Gasteiger partial charge in [-0.15, -0.1) is 0 Å². The average molecular weight is 340 g/mol. The Labute approximate surface area is 124 Å². The van der Waals surface area contributed by atoms with Crippen LogP contribution in [0.15, 0.2) is 0 Å². The predicted molar refractivity (Wildman–Crippen MR) is 63.6 cm³/mol. The van der Waals surface area contributed by atoms with Crippen LogP contribution in [0.4, 0.5) is 17.6 Å². The minimum absolute atomic E-state index is 0.0632. The summed E-state index contributed by atoms with van der Waals surface area (Å²) in [7, 11) is 0. The lowest BCUT2D eigenvalue weighted by Crippen LogP contribution is -2.39. The van der Waals surface area contributed by atoms with Crippen LogP contribution in [0.5, 0.6) is 0 Å². The summed E-state index contributed by atoms with van der Waals surface area (Å²) in [5.41, 5.74) is 0. The fourth-order valence-electron chi connectivity index (χ4n) is 1.14. The summed E-state index contributed by atoms with van der Waals surface area (Å²) in [4.78, 5) is 0. The van der Waals surface area contributed by atoms with Crippen LogP contribution >= 0.6 is 0 Å². The third-order valence-corrected chi connectivity index (χ3v) is 1.98. The van der Waals surface area contributed by atoms with Crippen LogP contribution in [0.2, 0.25) is 0 Å². The first-order valence-corrected chi connectivity index (χ1v) is 6.31. The van der Waals surface area contributed by atoms with Gasteiger partial charge in [-0.1, -0.05) is 0 Å². The molecule has 1 unspecified atom stereocenters. The molecule has 3 N–H and O–H groups in total. The van der Waals surface area contributed by atoms with Crippen molar-refractivity contribution < 1.29 is 51.8 Å². The molecule has 0 aliphatic carbocycles. The Morgan fingerprint density at radius 3 is 1.91 bits per heavy atom. The average Bonchev–Trinajstić information content (AvgIpc) is 2.42. The normalized spacial score (nSPS) is 14.3. The van der Waals surface area contributed by atoms with Gasteiger partial charge in [0.15, 0.2) is 0 Å². The van der Waals surface area contributed by atoms with E-state index in [9.17, 15) is 22.7 Å². The second-order valence-corrected chi connectivity index (χ2v) is 4.11. The van der Waals surface area contributed by atoms with Crippen molar-refractivity contribution in [1.82, 2.24) is 0 Å². The van der Waals surface area contributed by atoms with Crippen molar-refractivity contribution >= 4 is 0 Å². The molecule has 0 fully saturated rings. The van der Waals surface area contributed by atoms with E-state index in [4.69, 9.17) is 19.7 Å². The Balaban J connectivity index is 3.63. The maximum Gasteiger partial charge on any atom is 0.383 e. The van der Waals surface area contributed by atoms with Crippen molar-refractivity contribution in [2.45, 2.75) is 18.3 Å². The molecule has 0 heterocycles. The molecule has 1 atom stereocenters. The van der Waals surface area contributed by atoms with E-state index >= 15 is 0 Å². The van der Waals surface area contributed by atoms with Crippen LogP contribution in [0.1, 0.15) is 0 Å². The van der Waals surface area contributed by atoms with Crippen LogP contribution in [0.3, 0.4) is 0 Å². The van der Waals surface area contributed by atoms with Crippen molar-refractivity contribution in [3.8, 4) is 0 Å². The van der Waals surface area contributed by atoms with Gasteiger partial charge in [-0.05, 0) is 0 Å². The molecule has 0 rings (SSSR count). The highest BCUT2D eigenvalue weighted by Gasteiger charge is 2.43. The molecule has 134 valence electrons. The molecule has 0 bridgehead atoms. The lowest BCUT2D eigenvalue weighted by Gasteiger charge is -2.22. The molecule has 0 saturated carbocycles. The number of hydrogen-bond donors (Lipinski definition) is 3. The quantitative estimate of drug-likeness (QED) is 0.292. The number of rotatable bonds is 14. The molecule has 0 aromatic carbocycles. The molecule has 0 aliphatic heterocycles. The summed E-state index contributed by atoms with van der Waals surface area (Å²) >= 11 is 0. The fraction of sp³-hybridized carbons (Fsp3) is 1.00. The predicted octanol–water partition coefficient (Wildman–Crippen LogP) is -0.416. The van der Waals surface area contributed by atoms with E-state index in [1.807, 2.05) is 0 Å². The summed E-state index contributed by atoms with van der Waals surface area (Å²) in [5.74, 6) is 0. The SMILES string of the molecule is OCCOCC(O)COCCOCC(F)(F)OC(F)(F)CO. The molecular formula is C11H20F4O7. The van der Waals surface area contributed by atoms with Crippen molar-refractivity contribution in [1.29, 1.82) is 0 Å². The third-order valence-electron chi connectivity index (χ3n) is 1.98. The maximum atomic E-state index is 12.9. The number of aliphatic hydroxyl groups is 3. The smallest absolute Gasteiger partial charge is 0.383 e. The van der Waals surface area contributed by atoms with Gasteiger partial charge in [-0.25, -0.2) is 0 Å². The first-order valence-electron chi connectivity index (χ1n) is 6.31. The number of hydrogen-bond acceptors (Lipinski definition) is 7. The molecule has 0 aromatic rings. The summed E-state index contributed by atoms with van der Waals surface area (Å²) in [6.07, 6.45) is -9.58. The van der Waals surface area contributed by atoms with Gasteiger partial charge in [0.05, 0.1) is 39.6 Å². The highest BCUT2D eigenvalue weighted by atomic mass is 19.3. The summed E-state index contributed by atoms with van der Waals surface area (Å²) in [6, 6.07) is 0. The zero-order valence-electron chi connectivity index (χ0n) is 11.7. The highest BCUT2D eigenvalue weighted by molar-refractivity contribution is 4.57. The molecule has 11 heteroatoms. The molecular weight excluding hydrogens is 320 g/mol. The minimum Gasteiger partial charge on any atom is -0.394 e. The number of halogens is 4. The molecule has 7 nitrogen and oxygen atoms in total. The first-order chi connectivity index (χ1) is 10.2. The zero-order valence-corrected chi connectivity index (χ0v) is 11.7. The molecule has 0 aromatic heterocycles. The van der Waals surface area contributed by atoms with Gasteiger partial charge in [0.2, 0.25) is 0 Å². The van der Waals surface area contributed by atoms with E-state index in [2.05, 4.69) is 9.47 Å². The summed E-state index contributed by atoms with van der Waals surface area (Å²) in [6.45, 7) is -4.15. The van der Waals surface area contributed by atoms with Gasteiger partial charge in [0.1, 0.15) is 19.3 Å². The van der Waals surface area contributed by atoms with Crippen LogP contribution < -0.4 is 0 Å². The molecule has 0 saturated heterocycles. The molecule has 0 spiro atoms. The van der Waals surface area contributed by atoms with E-state index in [0.29, 0.717) is 0 Å². The van der Waals surface area contributed by atoms with Crippen LogP contribution in [0.25, 0.3) is 0 Å². The van der Waals surface area contributed by atoms with Gasteiger partial charge in [0, 0.05) is 0 Å². The van der Waals surface area contributed by atoms with Gasteiger partial charge in [0.25, 0.3) is 0 Å². The van der Waals surface area contributed by atoms with Crippen molar-refractivity contribution in [3.05, 3.63) is 0 Å². The number of alkyl halides is 4. The van der Waals surface area contributed by atoms with Gasteiger partial charge in [-0.2, -0.15) is 17.6 Å². The monoisotopic (exact) mass is 340 g/mol. The Hall–Kier alpha value is -0.560. The van der Waals surface area contributed by atoms with Crippen molar-refractivity contribution in [2.24, 2.45) is 0 Å². The Morgan fingerprint density at radius 2 is 1.36 bits per heavy atom. The number of aliphatic hydroxyl groups excluding tert-OH is 3. The number of ether oxygens (including phenoxy) is 4. The van der Waals surface area contributed by atoms with E-state index in [-0.39, 0.29) is 39.6 Å². The standard InChI is InChI=1S/C11H20F4O7/c12-10(13,7-17)22-11(14,15)8-21-4-3-20-6-9(18)5-19-2-1-16/h9,16-18H,1-8H2. The van der Waals surface area contributed by atoms with Crippen LogP contribution in [0, 0.1) is 0 Å². The molecule has 0 amide bonds. The summed E-state index contributed by atoms with van der Waals surface area (Å²) in [5, 5.41) is 25.8.